The van der Waals surface area contributed by atoms with E-state index in [2.05, 4.69) is 10.1 Å². The maximum absolute atomic E-state index is 11.4. The van der Waals surface area contributed by atoms with E-state index in [1.165, 1.54) is 0 Å². The molecule has 0 aliphatic carbocycles. The molecule has 5 nitrogen and oxygen atoms in total. The smallest absolute Gasteiger partial charge is 0.157 e. The minimum atomic E-state index is -2.84. The van der Waals surface area contributed by atoms with Crippen molar-refractivity contribution < 1.29 is 8.42 Å². The highest BCUT2D eigenvalue weighted by atomic mass is 35.5. The summed E-state index contributed by atoms with van der Waals surface area (Å²) < 4.78 is 24.4. The molecular weight excluding hydrogens is 274 g/mol. The standard InChI is InChI=1S/C11H12ClN3O2S/c12-9-1-3-15-11(6-9)13-10(14-15)5-8-2-4-18(16,17)7-8/h1,3,6,8H,2,4-5,7H2. The zero-order valence-electron chi connectivity index (χ0n) is 9.58. The number of rotatable bonds is 2. The normalized spacial score (nSPS) is 22.6. The average molecular weight is 286 g/mol. The van der Waals surface area contributed by atoms with Gasteiger partial charge in [-0.05, 0) is 18.4 Å². The Balaban J connectivity index is 1.83. The highest BCUT2D eigenvalue weighted by molar-refractivity contribution is 7.91. The molecule has 3 rings (SSSR count). The van der Waals surface area contributed by atoms with Crippen molar-refractivity contribution in [2.45, 2.75) is 12.8 Å². The zero-order chi connectivity index (χ0) is 12.8. The molecule has 18 heavy (non-hydrogen) atoms. The van der Waals surface area contributed by atoms with Crippen LogP contribution in [0.1, 0.15) is 12.2 Å². The van der Waals surface area contributed by atoms with E-state index in [-0.39, 0.29) is 17.4 Å². The van der Waals surface area contributed by atoms with Crippen molar-refractivity contribution in [2.24, 2.45) is 5.92 Å². The van der Waals surface area contributed by atoms with Crippen LogP contribution in [0.15, 0.2) is 18.3 Å². The van der Waals surface area contributed by atoms with Gasteiger partial charge in [-0.1, -0.05) is 11.6 Å². The molecule has 3 heterocycles. The molecule has 0 radical (unpaired) electrons. The van der Waals surface area contributed by atoms with Crippen LogP contribution in [0.4, 0.5) is 0 Å². The van der Waals surface area contributed by atoms with Crippen LogP contribution in [-0.2, 0) is 16.3 Å². The van der Waals surface area contributed by atoms with Gasteiger partial charge in [0.1, 0.15) is 0 Å². The Bertz CT molecular complexity index is 695. The Morgan fingerprint density at radius 2 is 2.33 bits per heavy atom. The van der Waals surface area contributed by atoms with Crippen LogP contribution >= 0.6 is 11.6 Å². The fourth-order valence-electron chi connectivity index (χ4n) is 2.28. The molecular formula is C11H12ClN3O2S. The first-order valence-electron chi connectivity index (χ1n) is 5.73. The molecule has 1 atom stereocenters. The third-order valence-electron chi connectivity index (χ3n) is 3.14. The average Bonchev–Trinajstić information content (AvgIpc) is 2.81. The molecule has 1 unspecified atom stereocenters. The number of fused-ring (bicyclic) bond motifs is 1. The van der Waals surface area contributed by atoms with Gasteiger partial charge in [-0.3, -0.25) is 0 Å². The van der Waals surface area contributed by atoms with Crippen molar-refractivity contribution >= 4 is 27.1 Å². The molecule has 7 heteroatoms. The van der Waals surface area contributed by atoms with Crippen LogP contribution in [0.3, 0.4) is 0 Å². The van der Waals surface area contributed by atoms with E-state index < -0.39 is 9.84 Å². The number of pyridine rings is 1. The summed E-state index contributed by atoms with van der Waals surface area (Å²) in [4.78, 5) is 4.36. The van der Waals surface area contributed by atoms with Crippen LogP contribution in [-0.4, -0.2) is 34.5 Å². The van der Waals surface area contributed by atoms with E-state index >= 15 is 0 Å². The number of hydrogen-bond acceptors (Lipinski definition) is 4. The molecule has 1 aliphatic rings. The van der Waals surface area contributed by atoms with E-state index in [0.717, 1.165) is 0 Å². The van der Waals surface area contributed by atoms with Crippen molar-refractivity contribution in [1.29, 1.82) is 0 Å². The largest absolute Gasteiger partial charge is 0.229 e. The number of sulfone groups is 1. The Hall–Kier alpha value is -1.14. The van der Waals surface area contributed by atoms with Crippen LogP contribution in [0.5, 0.6) is 0 Å². The summed E-state index contributed by atoms with van der Waals surface area (Å²) in [6.07, 6.45) is 3.07. The van der Waals surface area contributed by atoms with Gasteiger partial charge >= 0.3 is 0 Å². The quantitative estimate of drug-likeness (QED) is 0.836. The molecule has 0 saturated carbocycles. The summed E-state index contributed by atoms with van der Waals surface area (Å²) in [5.74, 6) is 1.36. The minimum absolute atomic E-state index is 0.142. The van der Waals surface area contributed by atoms with Crippen molar-refractivity contribution in [3.05, 3.63) is 29.2 Å². The third-order valence-corrected chi connectivity index (χ3v) is 5.21. The Kier molecular flexibility index (Phi) is 2.79. The second kappa shape index (κ2) is 4.20. The molecule has 1 fully saturated rings. The Morgan fingerprint density at radius 3 is 3.06 bits per heavy atom. The second-order valence-corrected chi connectivity index (χ2v) is 7.31. The van der Waals surface area contributed by atoms with Crippen LogP contribution in [0, 0.1) is 5.92 Å². The summed E-state index contributed by atoms with van der Waals surface area (Å²) in [6.45, 7) is 0. The lowest BCUT2D eigenvalue weighted by Crippen LogP contribution is -2.08. The van der Waals surface area contributed by atoms with Gasteiger partial charge in [0.2, 0.25) is 0 Å². The molecule has 96 valence electrons. The van der Waals surface area contributed by atoms with E-state index in [4.69, 9.17) is 11.6 Å². The lowest BCUT2D eigenvalue weighted by molar-refractivity contribution is 0.569. The van der Waals surface area contributed by atoms with Gasteiger partial charge in [-0.2, -0.15) is 5.10 Å². The molecule has 0 N–H and O–H groups in total. The number of aromatic nitrogens is 3. The topological polar surface area (TPSA) is 64.3 Å². The molecule has 0 spiro atoms. The van der Waals surface area contributed by atoms with Crippen molar-refractivity contribution in [3.8, 4) is 0 Å². The maximum Gasteiger partial charge on any atom is 0.157 e. The molecule has 2 aromatic heterocycles. The molecule has 2 aromatic rings. The molecule has 0 amide bonds. The summed E-state index contributed by atoms with van der Waals surface area (Å²) in [5.41, 5.74) is 0.693. The second-order valence-electron chi connectivity index (χ2n) is 4.65. The monoisotopic (exact) mass is 285 g/mol. The summed E-state index contributed by atoms with van der Waals surface area (Å²) in [6, 6.07) is 3.48. The fraction of sp³-hybridized carbons (Fsp3) is 0.455. The maximum atomic E-state index is 11.4. The van der Waals surface area contributed by atoms with Gasteiger partial charge < -0.3 is 0 Å². The summed E-state index contributed by atoms with van der Waals surface area (Å²) in [7, 11) is -2.84. The highest BCUT2D eigenvalue weighted by Crippen LogP contribution is 2.22. The van der Waals surface area contributed by atoms with Gasteiger partial charge in [0, 0.05) is 23.7 Å². The fourth-order valence-corrected chi connectivity index (χ4v) is 4.30. The number of halogens is 1. The molecule has 0 aromatic carbocycles. The van der Waals surface area contributed by atoms with Gasteiger partial charge in [0.05, 0.1) is 11.5 Å². The third kappa shape index (κ3) is 2.35. The lowest BCUT2D eigenvalue weighted by atomic mass is 10.1. The predicted molar refractivity (Wildman–Crippen MR) is 68.5 cm³/mol. The molecule has 1 aliphatic heterocycles. The van der Waals surface area contributed by atoms with E-state index in [1.807, 2.05) is 0 Å². The first-order valence-corrected chi connectivity index (χ1v) is 7.93. The number of nitrogens with zero attached hydrogens (tertiary/aromatic N) is 3. The van der Waals surface area contributed by atoms with Crippen molar-refractivity contribution in [2.75, 3.05) is 11.5 Å². The molecule has 1 saturated heterocycles. The Morgan fingerprint density at radius 1 is 1.50 bits per heavy atom. The summed E-state index contributed by atoms with van der Waals surface area (Å²) >= 11 is 5.88. The van der Waals surface area contributed by atoms with Gasteiger partial charge in [-0.15, -0.1) is 0 Å². The van der Waals surface area contributed by atoms with Crippen LogP contribution in [0.2, 0.25) is 5.02 Å². The Labute approximate surface area is 110 Å². The molecule has 0 bridgehead atoms. The first kappa shape index (κ1) is 11.9. The van der Waals surface area contributed by atoms with Crippen LogP contribution < -0.4 is 0 Å². The van der Waals surface area contributed by atoms with E-state index in [1.54, 1.807) is 22.8 Å². The van der Waals surface area contributed by atoms with Gasteiger partial charge in [0.25, 0.3) is 0 Å². The minimum Gasteiger partial charge on any atom is -0.229 e. The van der Waals surface area contributed by atoms with Crippen molar-refractivity contribution in [1.82, 2.24) is 14.6 Å². The highest BCUT2D eigenvalue weighted by Gasteiger charge is 2.28. The zero-order valence-corrected chi connectivity index (χ0v) is 11.2. The van der Waals surface area contributed by atoms with Crippen LogP contribution in [0.25, 0.3) is 5.65 Å². The SMILES string of the molecule is O=S1(=O)CCC(Cc2nc3cc(Cl)ccn3n2)C1. The van der Waals surface area contributed by atoms with Gasteiger partial charge in [0.15, 0.2) is 21.3 Å². The number of hydrogen-bond donors (Lipinski definition) is 0. The van der Waals surface area contributed by atoms with E-state index in [9.17, 15) is 8.42 Å². The summed E-state index contributed by atoms with van der Waals surface area (Å²) in [5, 5.41) is 4.93. The lowest BCUT2D eigenvalue weighted by Gasteiger charge is -2.01. The van der Waals surface area contributed by atoms with E-state index in [0.29, 0.717) is 29.3 Å². The van der Waals surface area contributed by atoms with Crippen molar-refractivity contribution in [3.63, 3.8) is 0 Å². The predicted octanol–water partition coefficient (Wildman–Crippen LogP) is 1.36. The van der Waals surface area contributed by atoms with Gasteiger partial charge in [-0.25, -0.2) is 17.9 Å². The first-order chi connectivity index (χ1) is 8.52.